The molecule has 5 N–H and O–H groups in total. The second kappa shape index (κ2) is 16.7. The molecule has 2 aliphatic rings. The molecule has 2 aliphatic heterocycles. The monoisotopic (exact) mass is 733 g/mol. The summed E-state index contributed by atoms with van der Waals surface area (Å²) in [7, 11) is 1.34. The lowest BCUT2D eigenvalue weighted by molar-refractivity contribution is -0.143. The number of ether oxygens (including phenoxy) is 1. The largest absolute Gasteiger partial charge is 0.468 e. The first kappa shape index (κ1) is 37.9. The summed E-state index contributed by atoms with van der Waals surface area (Å²) in [6, 6.07) is 6.49. The average Bonchev–Trinajstić information content (AvgIpc) is 3.11. The van der Waals surface area contributed by atoms with Gasteiger partial charge in [-0.1, -0.05) is 23.2 Å². The molecule has 6 heterocycles. The molecular formula is C32H38Cl3N9O5. The predicted molar refractivity (Wildman–Crippen MR) is 190 cm³/mol. The van der Waals surface area contributed by atoms with Gasteiger partial charge < -0.3 is 35.3 Å². The van der Waals surface area contributed by atoms with Crippen LogP contribution in [0.5, 0.6) is 0 Å². The molecule has 0 amide bonds. The zero-order valence-corrected chi connectivity index (χ0v) is 29.4. The molecule has 1 unspecified atom stereocenters. The van der Waals surface area contributed by atoms with Crippen molar-refractivity contribution in [3.8, 4) is 22.8 Å². The van der Waals surface area contributed by atoms with Gasteiger partial charge in [0, 0.05) is 67.5 Å². The van der Waals surface area contributed by atoms with Crippen molar-refractivity contribution in [1.82, 2.24) is 40.5 Å². The van der Waals surface area contributed by atoms with Gasteiger partial charge in [0.2, 0.25) is 0 Å². The number of nitrogens with one attached hydrogen (secondary N) is 4. The fourth-order valence-corrected chi connectivity index (χ4v) is 6.10. The van der Waals surface area contributed by atoms with Gasteiger partial charge in [-0.3, -0.25) is 24.4 Å². The molecule has 0 bridgehead atoms. The Balaban J connectivity index is 0.000000216. The van der Waals surface area contributed by atoms with Crippen molar-refractivity contribution < 1.29 is 14.6 Å². The molecule has 3 atom stereocenters. The number of nitrogens with zero attached hydrogens (tertiary/aromatic N) is 5. The van der Waals surface area contributed by atoms with Crippen LogP contribution in [0, 0.1) is 0 Å². The maximum Gasteiger partial charge on any atom is 0.324 e. The third-order valence-electron chi connectivity index (χ3n) is 8.25. The van der Waals surface area contributed by atoms with Crippen LogP contribution >= 0.6 is 35.6 Å². The highest BCUT2D eigenvalue weighted by Gasteiger charge is 2.34. The summed E-state index contributed by atoms with van der Waals surface area (Å²) in [4.78, 5) is 60.4. The lowest BCUT2D eigenvalue weighted by atomic mass is 9.83. The van der Waals surface area contributed by atoms with E-state index in [1.807, 2.05) is 0 Å². The zero-order valence-electron chi connectivity index (χ0n) is 27.1. The van der Waals surface area contributed by atoms with Crippen LogP contribution in [0.15, 0.2) is 58.6 Å². The summed E-state index contributed by atoms with van der Waals surface area (Å²) in [5, 5.41) is 16.8. The van der Waals surface area contributed by atoms with Crippen molar-refractivity contribution in [1.29, 1.82) is 0 Å². The molecule has 14 nitrogen and oxygen atoms in total. The number of carbonyl (C=O) groups is 1. The maximum absolute atomic E-state index is 12.2. The Kier molecular flexibility index (Phi) is 12.9. The Morgan fingerprint density at radius 1 is 0.918 bits per heavy atom. The first-order chi connectivity index (χ1) is 23.0. The number of aromatic amines is 2. The minimum atomic E-state index is -0.847. The third-order valence-corrected chi connectivity index (χ3v) is 8.95. The van der Waals surface area contributed by atoms with Gasteiger partial charge in [-0.15, -0.1) is 12.4 Å². The Morgan fingerprint density at radius 3 is 2.06 bits per heavy atom. The van der Waals surface area contributed by atoms with E-state index in [0.29, 0.717) is 49.2 Å². The number of esters is 1. The number of H-pyrrole nitrogens is 2. The van der Waals surface area contributed by atoms with Crippen molar-refractivity contribution in [3.63, 3.8) is 0 Å². The molecule has 6 rings (SSSR count). The van der Waals surface area contributed by atoms with E-state index in [9.17, 15) is 19.5 Å². The number of aliphatic hydroxyl groups is 1. The molecule has 17 heteroatoms. The Hall–Kier alpha value is -3.92. The Morgan fingerprint density at radius 2 is 1.49 bits per heavy atom. The molecule has 262 valence electrons. The van der Waals surface area contributed by atoms with Crippen molar-refractivity contribution in [2.75, 3.05) is 38.2 Å². The lowest BCUT2D eigenvalue weighted by Gasteiger charge is -2.37. The molecule has 2 fully saturated rings. The first-order valence-corrected chi connectivity index (χ1v) is 16.1. The number of hydrogen-bond donors (Lipinski definition) is 5. The number of piperazine rings is 1. The molecule has 49 heavy (non-hydrogen) atoms. The molecule has 0 saturated carbocycles. The Bertz CT molecular complexity index is 1840. The third kappa shape index (κ3) is 9.21. The summed E-state index contributed by atoms with van der Waals surface area (Å²) in [6.45, 7) is 5.74. The summed E-state index contributed by atoms with van der Waals surface area (Å²) in [6.07, 6.45) is 8.02. The van der Waals surface area contributed by atoms with Crippen LogP contribution in [0.25, 0.3) is 22.8 Å². The topological polar surface area (TPSA) is 191 Å². The SMILES string of the molecule is CC(C)(O)[C@@H]1CC(c2nc(-c3ccncc3)[nH]c(=O)c2Cl)CCN1.COC(=O)[C@@H]1CN(c2nc(-c3ccncc3)[nH]c(=O)c2Cl)CCN1.Cl. The number of halogens is 3. The van der Waals surface area contributed by atoms with Gasteiger partial charge >= 0.3 is 5.97 Å². The van der Waals surface area contributed by atoms with Gasteiger partial charge in [-0.2, -0.15) is 0 Å². The molecule has 4 aromatic heterocycles. The zero-order chi connectivity index (χ0) is 34.4. The van der Waals surface area contributed by atoms with E-state index in [0.717, 1.165) is 24.1 Å². The van der Waals surface area contributed by atoms with Crippen LogP contribution in [0.2, 0.25) is 10.0 Å². The van der Waals surface area contributed by atoms with Gasteiger partial charge in [-0.25, -0.2) is 9.97 Å². The van der Waals surface area contributed by atoms with Crippen molar-refractivity contribution in [2.24, 2.45) is 0 Å². The van der Waals surface area contributed by atoms with Crippen LogP contribution in [0.1, 0.15) is 38.3 Å². The number of aromatic nitrogens is 6. The van der Waals surface area contributed by atoms with Gasteiger partial charge in [0.1, 0.15) is 27.7 Å². The van der Waals surface area contributed by atoms with Crippen LogP contribution < -0.4 is 26.7 Å². The number of methoxy groups -OCH3 is 1. The molecule has 0 radical (unpaired) electrons. The second-order valence-corrected chi connectivity index (χ2v) is 12.8. The number of piperidine rings is 1. The van der Waals surface area contributed by atoms with E-state index in [-0.39, 0.29) is 45.9 Å². The lowest BCUT2D eigenvalue weighted by Crippen LogP contribution is -2.55. The highest BCUT2D eigenvalue weighted by Crippen LogP contribution is 2.33. The quantitative estimate of drug-likeness (QED) is 0.182. The predicted octanol–water partition coefficient (Wildman–Crippen LogP) is 2.95. The average molecular weight is 735 g/mol. The van der Waals surface area contributed by atoms with Crippen LogP contribution in [0.3, 0.4) is 0 Å². The molecule has 4 aromatic rings. The summed E-state index contributed by atoms with van der Waals surface area (Å²) >= 11 is 12.4. The summed E-state index contributed by atoms with van der Waals surface area (Å²) < 4.78 is 4.76. The van der Waals surface area contributed by atoms with Gasteiger partial charge in [0.05, 0.1) is 18.4 Å². The maximum atomic E-state index is 12.2. The highest BCUT2D eigenvalue weighted by molar-refractivity contribution is 6.32. The molecule has 0 aromatic carbocycles. The van der Waals surface area contributed by atoms with Crippen molar-refractivity contribution in [3.05, 3.63) is 85.5 Å². The second-order valence-electron chi connectivity index (χ2n) is 12.0. The van der Waals surface area contributed by atoms with E-state index in [4.69, 9.17) is 27.9 Å². The standard InChI is InChI=1S/C17H21ClN4O2.C15H16ClN5O3.ClH/c1-17(2,24)12-9-11(5-8-20-12)14-13(18)16(23)22-15(21-14)10-3-6-19-7-4-10;1-24-15(23)10-8-21(7-6-18-10)13-11(16)14(22)20-12(19-13)9-2-4-17-5-3-9;/h3-4,6-7,11-12,20,24H,5,8-9H2,1-2H3,(H,21,22,23);2-5,10,18H,6-8H2,1H3,(H,19,20,22);1H/t11?,12-;10-;/m00./s1. The van der Waals surface area contributed by atoms with Gasteiger partial charge in [-0.05, 0) is 57.5 Å². The van der Waals surface area contributed by atoms with E-state index in [1.54, 1.807) is 67.8 Å². The van der Waals surface area contributed by atoms with Crippen LogP contribution in [0.4, 0.5) is 5.82 Å². The smallest absolute Gasteiger partial charge is 0.324 e. The van der Waals surface area contributed by atoms with Crippen LogP contribution in [-0.2, 0) is 9.53 Å². The van der Waals surface area contributed by atoms with E-state index in [1.165, 1.54) is 7.11 Å². The molecule has 0 spiro atoms. The minimum Gasteiger partial charge on any atom is -0.468 e. The molecular weight excluding hydrogens is 697 g/mol. The van der Waals surface area contributed by atoms with E-state index in [2.05, 4.69) is 40.5 Å². The van der Waals surface area contributed by atoms with Crippen LogP contribution in [-0.4, -0.2) is 92.0 Å². The number of rotatable bonds is 6. The number of hydrogen-bond acceptors (Lipinski definition) is 12. The van der Waals surface area contributed by atoms with Gasteiger partial charge in [0.15, 0.2) is 5.82 Å². The number of anilines is 1. The molecule has 0 aliphatic carbocycles. The van der Waals surface area contributed by atoms with E-state index < -0.39 is 17.2 Å². The number of carbonyl (C=O) groups excluding carboxylic acids is 1. The normalized spacial score (nSPS) is 19.2. The fourth-order valence-electron chi connectivity index (χ4n) is 5.64. The highest BCUT2D eigenvalue weighted by atomic mass is 35.5. The Labute approximate surface area is 298 Å². The number of pyridine rings is 2. The van der Waals surface area contributed by atoms with Gasteiger partial charge in [0.25, 0.3) is 11.1 Å². The van der Waals surface area contributed by atoms with Crippen molar-refractivity contribution in [2.45, 2.75) is 50.3 Å². The summed E-state index contributed by atoms with van der Waals surface area (Å²) in [5.74, 6) is 0.894. The minimum absolute atomic E-state index is 0. The first-order valence-electron chi connectivity index (χ1n) is 15.4. The van der Waals surface area contributed by atoms with Crippen molar-refractivity contribution >= 4 is 47.4 Å². The molecule has 2 saturated heterocycles. The summed E-state index contributed by atoms with van der Waals surface area (Å²) in [5.41, 5.74) is 0.490. The fraction of sp³-hybridized carbons (Fsp3) is 0.406. The van der Waals surface area contributed by atoms with E-state index >= 15 is 0 Å².